The molecule has 0 aromatic heterocycles. The monoisotopic (exact) mass is 285 g/mol. The molecule has 1 aliphatic rings. The summed E-state index contributed by atoms with van der Waals surface area (Å²) in [6, 6.07) is 7.13. The average Bonchev–Trinajstić information content (AvgIpc) is 2.92. The lowest BCUT2D eigenvalue weighted by atomic mass is 10.1. The third-order valence-corrected chi connectivity index (χ3v) is 3.42. The summed E-state index contributed by atoms with van der Waals surface area (Å²) >= 11 is 0. The van der Waals surface area contributed by atoms with Crippen molar-refractivity contribution in [1.82, 2.24) is 10.6 Å². The maximum Gasteiger partial charge on any atom is 0.243 e. The van der Waals surface area contributed by atoms with Crippen LogP contribution in [-0.2, 0) is 9.59 Å². The van der Waals surface area contributed by atoms with Gasteiger partial charge in [-0.3, -0.25) is 9.59 Å². The van der Waals surface area contributed by atoms with Gasteiger partial charge in [-0.15, -0.1) is 0 Å². The van der Waals surface area contributed by atoms with E-state index in [1.807, 2.05) is 31.2 Å². The molecular formula is C16H19N3O2. The first kappa shape index (κ1) is 15.1. The van der Waals surface area contributed by atoms with Crippen molar-refractivity contribution in [1.29, 1.82) is 0 Å². The second-order valence-corrected chi connectivity index (χ2v) is 5.02. The van der Waals surface area contributed by atoms with E-state index in [9.17, 15) is 9.59 Å². The Morgan fingerprint density at radius 1 is 1.48 bits per heavy atom. The highest BCUT2D eigenvalue weighted by atomic mass is 16.2. The van der Waals surface area contributed by atoms with Crippen molar-refractivity contribution < 1.29 is 9.59 Å². The summed E-state index contributed by atoms with van der Waals surface area (Å²) < 4.78 is 0. The number of carbonyl (C=O) groups excluding carboxylic acids is 2. The van der Waals surface area contributed by atoms with Gasteiger partial charge in [0.2, 0.25) is 11.8 Å². The largest absolute Gasteiger partial charge is 0.348 e. The SMILES string of the molecule is CC(NC(=O)C1CCC(=O)N1)c1ccc(C#CCN)cc1. The molecule has 1 aliphatic heterocycles. The number of nitrogens with two attached hydrogens (primary N) is 1. The van der Waals surface area contributed by atoms with E-state index in [0.717, 1.165) is 11.1 Å². The van der Waals surface area contributed by atoms with Gasteiger partial charge in [0, 0.05) is 12.0 Å². The van der Waals surface area contributed by atoms with E-state index in [-0.39, 0.29) is 17.9 Å². The molecule has 1 aromatic carbocycles. The lowest BCUT2D eigenvalue weighted by molar-refractivity contribution is -0.126. The van der Waals surface area contributed by atoms with Gasteiger partial charge < -0.3 is 16.4 Å². The summed E-state index contributed by atoms with van der Waals surface area (Å²) in [5.74, 6) is 5.54. The van der Waals surface area contributed by atoms with Crippen molar-refractivity contribution in [3.05, 3.63) is 35.4 Å². The average molecular weight is 285 g/mol. The Bertz CT molecular complexity index is 584. The van der Waals surface area contributed by atoms with Gasteiger partial charge in [0.15, 0.2) is 0 Å². The zero-order valence-electron chi connectivity index (χ0n) is 12.0. The van der Waals surface area contributed by atoms with Gasteiger partial charge in [-0.25, -0.2) is 0 Å². The Balaban J connectivity index is 1.95. The van der Waals surface area contributed by atoms with Crippen LogP contribution in [0.15, 0.2) is 24.3 Å². The molecule has 5 heteroatoms. The van der Waals surface area contributed by atoms with E-state index in [1.54, 1.807) is 0 Å². The minimum atomic E-state index is -0.408. The normalized spacial score (nSPS) is 18.4. The predicted molar refractivity (Wildman–Crippen MR) is 80.1 cm³/mol. The third-order valence-electron chi connectivity index (χ3n) is 3.42. The number of hydrogen-bond donors (Lipinski definition) is 3. The maximum atomic E-state index is 12.0. The molecule has 0 bridgehead atoms. The summed E-state index contributed by atoms with van der Waals surface area (Å²) in [6.07, 6.45) is 0.978. The van der Waals surface area contributed by atoms with Crippen LogP contribution in [0.5, 0.6) is 0 Å². The zero-order chi connectivity index (χ0) is 15.2. The summed E-state index contributed by atoms with van der Waals surface area (Å²) in [5, 5.41) is 5.57. The van der Waals surface area contributed by atoms with Gasteiger partial charge >= 0.3 is 0 Å². The van der Waals surface area contributed by atoms with Gasteiger partial charge in [-0.05, 0) is 31.0 Å². The second-order valence-electron chi connectivity index (χ2n) is 5.02. The number of amides is 2. The molecule has 4 N–H and O–H groups in total. The molecule has 5 nitrogen and oxygen atoms in total. The smallest absolute Gasteiger partial charge is 0.243 e. The topological polar surface area (TPSA) is 84.2 Å². The molecule has 110 valence electrons. The van der Waals surface area contributed by atoms with Gasteiger partial charge in [0.25, 0.3) is 0 Å². The highest BCUT2D eigenvalue weighted by Crippen LogP contribution is 2.14. The quantitative estimate of drug-likeness (QED) is 0.705. The van der Waals surface area contributed by atoms with Crippen LogP contribution >= 0.6 is 0 Å². The van der Waals surface area contributed by atoms with Crippen LogP contribution in [0.3, 0.4) is 0 Å². The molecule has 2 unspecified atom stereocenters. The van der Waals surface area contributed by atoms with E-state index in [0.29, 0.717) is 19.4 Å². The molecule has 1 heterocycles. The first-order valence-electron chi connectivity index (χ1n) is 6.99. The van der Waals surface area contributed by atoms with Crippen LogP contribution in [0.1, 0.15) is 36.9 Å². The molecule has 0 aliphatic carbocycles. The Labute approximate surface area is 124 Å². The summed E-state index contributed by atoms with van der Waals surface area (Å²) in [4.78, 5) is 23.1. The molecule has 1 saturated heterocycles. The highest BCUT2D eigenvalue weighted by Gasteiger charge is 2.27. The summed E-state index contributed by atoms with van der Waals surface area (Å²) in [6.45, 7) is 2.25. The zero-order valence-corrected chi connectivity index (χ0v) is 12.0. The van der Waals surface area contributed by atoms with Crippen LogP contribution in [0.4, 0.5) is 0 Å². The molecule has 2 amide bonds. The molecule has 1 fully saturated rings. The Kier molecular flexibility index (Phi) is 4.96. The van der Waals surface area contributed by atoms with Crippen LogP contribution in [0.2, 0.25) is 0 Å². The van der Waals surface area contributed by atoms with Gasteiger partial charge in [0.1, 0.15) is 6.04 Å². The fourth-order valence-corrected chi connectivity index (χ4v) is 2.22. The fourth-order valence-electron chi connectivity index (χ4n) is 2.22. The van der Waals surface area contributed by atoms with Crippen molar-refractivity contribution in [2.45, 2.75) is 31.8 Å². The summed E-state index contributed by atoms with van der Waals surface area (Å²) in [7, 11) is 0. The number of hydrogen-bond acceptors (Lipinski definition) is 3. The van der Waals surface area contributed by atoms with Crippen molar-refractivity contribution in [3.8, 4) is 11.8 Å². The van der Waals surface area contributed by atoms with Gasteiger partial charge in [0.05, 0.1) is 12.6 Å². The van der Waals surface area contributed by atoms with E-state index >= 15 is 0 Å². The van der Waals surface area contributed by atoms with Crippen LogP contribution in [-0.4, -0.2) is 24.4 Å². The Morgan fingerprint density at radius 2 is 2.19 bits per heavy atom. The minimum Gasteiger partial charge on any atom is -0.348 e. The Morgan fingerprint density at radius 3 is 2.76 bits per heavy atom. The standard InChI is InChI=1S/C16H19N3O2/c1-11(18-16(21)14-8-9-15(20)19-14)13-6-4-12(5-7-13)3-2-10-17/h4-7,11,14H,8-10,17H2,1H3,(H,18,21)(H,19,20). The predicted octanol–water partition coefficient (Wildman–Crippen LogP) is 0.453. The fraction of sp³-hybridized carbons (Fsp3) is 0.375. The van der Waals surface area contributed by atoms with Crippen LogP contribution < -0.4 is 16.4 Å². The molecule has 0 saturated carbocycles. The maximum absolute atomic E-state index is 12.0. The van der Waals surface area contributed by atoms with Crippen LogP contribution in [0.25, 0.3) is 0 Å². The molecule has 21 heavy (non-hydrogen) atoms. The second kappa shape index (κ2) is 6.91. The van der Waals surface area contributed by atoms with E-state index < -0.39 is 6.04 Å². The van der Waals surface area contributed by atoms with Gasteiger partial charge in [-0.1, -0.05) is 24.0 Å². The van der Waals surface area contributed by atoms with Crippen molar-refractivity contribution in [3.63, 3.8) is 0 Å². The number of rotatable bonds is 3. The molecule has 2 atom stereocenters. The lowest BCUT2D eigenvalue weighted by Crippen LogP contribution is -2.42. The lowest BCUT2D eigenvalue weighted by Gasteiger charge is -2.17. The van der Waals surface area contributed by atoms with E-state index in [1.165, 1.54) is 0 Å². The van der Waals surface area contributed by atoms with E-state index in [4.69, 9.17) is 5.73 Å². The van der Waals surface area contributed by atoms with E-state index in [2.05, 4.69) is 22.5 Å². The molecule has 0 radical (unpaired) electrons. The molecule has 0 spiro atoms. The van der Waals surface area contributed by atoms with Crippen molar-refractivity contribution in [2.75, 3.05) is 6.54 Å². The molecule has 1 aromatic rings. The van der Waals surface area contributed by atoms with Crippen LogP contribution in [0, 0.1) is 11.8 Å². The van der Waals surface area contributed by atoms with Crippen molar-refractivity contribution >= 4 is 11.8 Å². The first-order valence-corrected chi connectivity index (χ1v) is 6.99. The molecular weight excluding hydrogens is 266 g/mol. The highest BCUT2D eigenvalue weighted by molar-refractivity contribution is 5.90. The number of carbonyl (C=O) groups is 2. The Hall–Kier alpha value is -2.32. The minimum absolute atomic E-state index is 0.0642. The first-order chi connectivity index (χ1) is 10.1. The number of nitrogens with one attached hydrogen (secondary N) is 2. The van der Waals surface area contributed by atoms with Gasteiger partial charge in [-0.2, -0.15) is 0 Å². The third kappa shape index (κ3) is 4.07. The summed E-state index contributed by atoms with van der Waals surface area (Å²) in [5.41, 5.74) is 7.21. The van der Waals surface area contributed by atoms with Crippen molar-refractivity contribution in [2.24, 2.45) is 5.73 Å². The molecule has 2 rings (SSSR count). The number of benzene rings is 1.